The van der Waals surface area contributed by atoms with Gasteiger partial charge in [-0.3, -0.25) is 4.79 Å². The second-order valence-corrected chi connectivity index (χ2v) is 1.92. The monoisotopic (exact) mass is 119 g/mol. The molecule has 0 aliphatic carbocycles. The Hall–Kier alpha value is -0.0200. The summed E-state index contributed by atoms with van der Waals surface area (Å²) in [7, 11) is 0. The summed E-state index contributed by atoms with van der Waals surface area (Å²) >= 11 is 3.55. The zero-order valence-electron chi connectivity index (χ0n) is 4.22. The summed E-state index contributed by atoms with van der Waals surface area (Å²) in [5.41, 5.74) is 5.10. The van der Waals surface area contributed by atoms with Crippen molar-refractivity contribution in [2.45, 2.75) is 6.92 Å². The lowest BCUT2D eigenvalue weighted by Gasteiger charge is -1.97. The number of nitrogens with two attached hydrogens (primary N) is 1. The Kier molecular flexibility index (Phi) is 3.04. The standard InChI is InChI=1S/C4H9NOS/c1-3(2-5)4(6)7/h3H,2,5H2,1H3,(H,6,7). The molecule has 2 nitrogen and oxygen atoms in total. The summed E-state index contributed by atoms with van der Waals surface area (Å²) in [5.74, 6) is -0.0941. The maximum atomic E-state index is 10.2. The molecule has 0 amide bonds. The summed E-state index contributed by atoms with van der Waals surface area (Å²) in [5, 5.41) is -0.137. The summed E-state index contributed by atoms with van der Waals surface area (Å²) in [6.45, 7) is 2.14. The Labute approximate surface area is 48.5 Å². The molecule has 0 fully saturated rings. The van der Waals surface area contributed by atoms with Crippen LogP contribution in [0, 0.1) is 5.92 Å². The van der Waals surface area contributed by atoms with Crippen molar-refractivity contribution in [3.63, 3.8) is 0 Å². The first kappa shape index (κ1) is 6.98. The van der Waals surface area contributed by atoms with Crippen molar-refractivity contribution >= 4 is 17.7 Å². The Morgan fingerprint density at radius 2 is 2.43 bits per heavy atom. The van der Waals surface area contributed by atoms with Gasteiger partial charge in [0.15, 0.2) is 5.12 Å². The molecule has 0 aliphatic rings. The van der Waals surface area contributed by atoms with E-state index in [9.17, 15) is 4.79 Å². The highest BCUT2D eigenvalue weighted by Crippen LogP contribution is 1.94. The maximum absolute atomic E-state index is 10.2. The third-order valence-electron chi connectivity index (χ3n) is 0.775. The van der Waals surface area contributed by atoms with Crippen LogP contribution in [0.4, 0.5) is 0 Å². The predicted octanol–water partition coefficient (Wildman–Crippen LogP) is 0.0376. The van der Waals surface area contributed by atoms with Crippen molar-refractivity contribution in [3.8, 4) is 0 Å². The minimum atomic E-state index is -0.137. The van der Waals surface area contributed by atoms with Crippen LogP contribution in [0.5, 0.6) is 0 Å². The highest BCUT2D eigenvalue weighted by atomic mass is 32.1. The van der Waals surface area contributed by atoms with Crippen LogP contribution in [0.2, 0.25) is 0 Å². The van der Waals surface area contributed by atoms with E-state index in [4.69, 9.17) is 5.73 Å². The van der Waals surface area contributed by atoms with Gasteiger partial charge >= 0.3 is 0 Å². The van der Waals surface area contributed by atoms with E-state index < -0.39 is 0 Å². The molecule has 7 heavy (non-hydrogen) atoms. The van der Waals surface area contributed by atoms with Crippen LogP contribution in [0.1, 0.15) is 6.92 Å². The van der Waals surface area contributed by atoms with Gasteiger partial charge in [0.1, 0.15) is 0 Å². The molecule has 0 radical (unpaired) electrons. The van der Waals surface area contributed by atoms with Gasteiger partial charge < -0.3 is 5.73 Å². The van der Waals surface area contributed by atoms with Crippen LogP contribution in [-0.4, -0.2) is 11.7 Å². The molecule has 0 aromatic heterocycles. The average Bonchev–Trinajstić information content (AvgIpc) is 1.65. The van der Waals surface area contributed by atoms with Crippen LogP contribution in [0.15, 0.2) is 0 Å². The van der Waals surface area contributed by atoms with Crippen LogP contribution in [0.3, 0.4) is 0 Å². The van der Waals surface area contributed by atoms with Gasteiger partial charge in [0.05, 0.1) is 0 Å². The molecule has 1 atom stereocenters. The summed E-state index contributed by atoms with van der Waals surface area (Å²) in [4.78, 5) is 10.2. The number of carbonyl (C=O) groups is 1. The van der Waals surface area contributed by atoms with Crippen molar-refractivity contribution < 1.29 is 4.79 Å². The number of hydrogen-bond donors (Lipinski definition) is 2. The molecular formula is C4H9NOS. The largest absolute Gasteiger partial charge is 0.330 e. The van der Waals surface area contributed by atoms with Crippen molar-refractivity contribution in [1.29, 1.82) is 0 Å². The second kappa shape index (κ2) is 3.04. The van der Waals surface area contributed by atoms with E-state index in [2.05, 4.69) is 12.6 Å². The first-order chi connectivity index (χ1) is 3.18. The summed E-state index contributed by atoms with van der Waals surface area (Å²) in [6.07, 6.45) is 0. The van der Waals surface area contributed by atoms with Crippen molar-refractivity contribution in [3.05, 3.63) is 0 Å². The predicted molar refractivity (Wildman–Crippen MR) is 32.2 cm³/mol. The molecule has 42 valence electrons. The fraction of sp³-hybridized carbons (Fsp3) is 0.750. The molecule has 1 unspecified atom stereocenters. The smallest absolute Gasteiger partial charge is 0.189 e. The third kappa shape index (κ3) is 2.65. The van der Waals surface area contributed by atoms with Gasteiger partial charge in [-0.25, -0.2) is 0 Å². The van der Waals surface area contributed by atoms with Gasteiger partial charge in [0.2, 0.25) is 0 Å². The zero-order valence-corrected chi connectivity index (χ0v) is 5.11. The lowest BCUT2D eigenvalue weighted by atomic mass is 10.2. The fourth-order valence-electron chi connectivity index (χ4n) is 0.101. The third-order valence-corrected chi connectivity index (χ3v) is 1.22. The van der Waals surface area contributed by atoms with E-state index in [1.807, 2.05) is 0 Å². The molecular weight excluding hydrogens is 110 g/mol. The van der Waals surface area contributed by atoms with E-state index in [0.29, 0.717) is 6.54 Å². The first-order valence-electron chi connectivity index (χ1n) is 2.11. The van der Waals surface area contributed by atoms with E-state index in [1.165, 1.54) is 0 Å². The van der Waals surface area contributed by atoms with E-state index >= 15 is 0 Å². The van der Waals surface area contributed by atoms with Gasteiger partial charge in [-0.05, 0) is 0 Å². The molecule has 0 heterocycles. The highest BCUT2D eigenvalue weighted by molar-refractivity contribution is 7.96. The molecule has 0 spiro atoms. The van der Waals surface area contributed by atoms with Crippen molar-refractivity contribution in [2.75, 3.05) is 6.54 Å². The molecule has 3 heteroatoms. The normalized spacial score (nSPS) is 13.6. The van der Waals surface area contributed by atoms with Crippen molar-refractivity contribution in [2.24, 2.45) is 11.7 Å². The Morgan fingerprint density at radius 1 is 2.00 bits per heavy atom. The molecule has 2 N–H and O–H groups in total. The minimum Gasteiger partial charge on any atom is -0.330 e. The van der Waals surface area contributed by atoms with Crippen LogP contribution >= 0.6 is 12.6 Å². The van der Waals surface area contributed by atoms with Gasteiger partial charge in [-0.2, -0.15) is 0 Å². The maximum Gasteiger partial charge on any atom is 0.189 e. The molecule has 0 aliphatic heterocycles. The fourth-order valence-corrected chi connectivity index (χ4v) is 0.206. The SMILES string of the molecule is CC(CN)C(=O)S. The number of rotatable bonds is 2. The second-order valence-electron chi connectivity index (χ2n) is 1.47. The average molecular weight is 119 g/mol. The molecule has 0 saturated heterocycles. The Balaban J connectivity index is 3.34. The van der Waals surface area contributed by atoms with Gasteiger partial charge in [0, 0.05) is 12.5 Å². The quantitative estimate of drug-likeness (QED) is 0.504. The van der Waals surface area contributed by atoms with Crippen molar-refractivity contribution in [1.82, 2.24) is 0 Å². The van der Waals surface area contributed by atoms with E-state index in [0.717, 1.165) is 0 Å². The Bertz CT molecular complexity index is 74.1. The lowest BCUT2D eigenvalue weighted by molar-refractivity contribution is -0.113. The van der Waals surface area contributed by atoms with Gasteiger partial charge in [-0.1, -0.05) is 6.92 Å². The van der Waals surface area contributed by atoms with Gasteiger partial charge in [0.25, 0.3) is 0 Å². The number of carbonyl (C=O) groups excluding carboxylic acids is 1. The van der Waals surface area contributed by atoms with Gasteiger partial charge in [-0.15, -0.1) is 12.6 Å². The zero-order chi connectivity index (χ0) is 5.86. The molecule has 0 aromatic carbocycles. The molecule has 0 rings (SSSR count). The molecule has 0 bridgehead atoms. The topological polar surface area (TPSA) is 43.1 Å². The van der Waals surface area contributed by atoms with Crippen LogP contribution < -0.4 is 5.73 Å². The van der Waals surface area contributed by atoms with E-state index in [-0.39, 0.29) is 11.0 Å². The summed E-state index contributed by atoms with van der Waals surface area (Å²) < 4.78 is 0. The summed E-state index contributed by atoms with van der Waals surface area (Å²) in [6, 6.07) is 0. The van der Waals surface area contributed by atoms with E-state index in [1.54, 1.807) is 6.92 Å². The molecule has 0 saturated carbocycles. The lowest BCUT2D eigenvalue weighted by Crippen LogP contribution is -2.15. The minimum absolute atomic E-state index is 0.0941. The Morgan fingerprint density at radius 3 is 2.43 bits per heavy atom. The van der Waals surface area contributed by atoms with Crippen LogP contribution in [0.25, 0.3) is 0 Å². The van der Waals surface area contributed by atoms with Crippen LogP contribution in [-0.2, 0) is 4.79 Å². The number of thiol groups is 1. The number of hydrogen-bond acceptors (Lipinski definition) is 2. The molecule has 0 aromatic rings. The highest BCUT2D eigenvalue weighted by Gasteiger charge is 2.02. The first-order valence-corrected chi connectivity index (χ1v) is 2.56.